The molecule has 0 bridgehead atoms. The number of carbonyl (C=O) groups is 2. The summed E-state index contributed by atoms with van der Waals surface area (Å²) in [6, 6.07) is 9.89. The quantitative estimate of drug-likeness (QED) is 0.928. The summed E-state index contributed by atoms with van der Waals surface area (Å²) in [5.41, 5.74) is 1.05. The lowest BCUT2D eigenvalue weighted by Crippen LogP contribution is -2.37. The molecule has 1 aliphatic heterocycles. The lowest BCUT2D eigenvalue weighted by Gasteiger charge is -2.19. The van der Waals surface area contributed by atoms with Gasteiger partial charge in [0.05, 0.1) is 6.07 Å². The SMILES string of the molecule is N#CC1(C(=O)NCc2ccc(N3CCCC3=O)cc2)CCCC1. The number of nitrogens with one attached hydrogen (secondary N) is 1. The molecule has 0 spiro atoms. The van der Waals surface area contributed by atoms with Crippen LogP contribution in [0.2, 0.25) is 0 Å². The largest absolute Gasteiger partial charge is 0.351 e. The predicted molar refractivity (Wildman–Crippen MR) is 86.4 cm³/mol. The maximum atomic E-state index is 12.3. The minimum absolute atomic E-state index is 0.156. The fourth-order valence-electron chi connectivity index (χ4n) is 3.43. The molecular formula is C18H21N3O2. The molecule has 0 aromatic heterocycles. The van der Waals surface area contributed by atoms with E-state index in [2.05, 4.69) is 11.4 Å². The first-order valence-electron chi connectivity index (χ1n) is 8.23. The van der Waals surface area contributed by atoms with E-state index in [-0.39, 0.29) is 11.8 Å². The van der Waals surface area contributed by atoms with Gasteiger partial charge in [-0.25, -0.2) is 0 Å². The number of rotatable bonds is 4. The Hall–Kier alpha value is -2.35. The van der Waals surface area contributed by atoms with Crippen LogP contribution in [0.4, 0.5) is 5.69 Å². The second kappa shape index (κ2) is 6.41. The third-order valence-corrected chi connectivity index (χ3v) is 4.88. The summed E-state index contributed by atoms with van der Waals surface area (Å²) in [6.07, 6.45) is 4.73. The highest BCUT2D eigenvalue weighted by atomic mass is 16.2. The average Bonchev–Trinajstić information content (AvgIpc) is 3.23. The Kier molecular flexibility index (Phi) is 4.33. The molecule has 2 fully saturated rings. The van der Waals surface area contributed by atoms with Crippen LogP contribution in [-0.4, -0.2) is 18.4 Å². The molecule has 1 saturated heterocycles. The molecule has 5 heteroatoms. The zero-order valence-corrected chi connectivity index (χ0v) is 13.2. The van der Waals surface area contributed by atoms with Gasteiger partial charge < -0.3 is 10.2 Å². The van der Waals surface area contributed by atoms with Crippen LogP contribution >= 0.6 is 0 Å². The van der Waals surface area contributed by atoms with Gasteiger partial charge in [-0.3, -0.25) is 9.59 Å². The van der Waals surface area contributed by atoms with Gasteiger partial charge in [-0.1, -0.05) is 25.0 Å². The first-order chi connectivity index (χ1) is 11.1. The molecular weight excluding hydrogens is 290 g/mol. The van der Waals surface area contributed by atoms with Gasteiger partial charge in [0.1, 0.15) is 5.41 Å². The summed E-state index contributed by atoms with van der Waals surface area (Å²) in [6.45, 7) is 1.19. The van der Waals surface area contributed by atoms with Crippen LogP contribution in [0.25, 0.3) is 0 Å². The topological polar surface area (TPSA) is 73.2 Å². The minimum Gasteiger partial charge on any atom is -0.351 e. The van der Waals surface area contributed by atoms with Gasteiger partial charge in [0.2, 0.25) is 11.8 Å². The Morgan fingerprint density at radius 3 is 2.48 bits per heavy atom. The monoisotopic (exact) mass is 311 g/mol. The lowest BCUT2D eigenvalue weighted by atomic mass is 9.87. The summed E-state index contributed by atoms with van der Waals surface area (Å²) in [7, 11) is 0. The number of hydrogen-bond donors (Lipinski definition) is 1. The van der Waals surface area contributed by atoms with E-state index < -0.39 is 5.41 Å². The maximum Gasteiger partial charge on any atom is 0.240 e. The van der Waals surface area contributed by atoms with Crippen LogP contribution in [0, 0.1) is 16.7 Å². The van der Waals surface area contributed by atoms with E-state index in [0.29, 0.717) is 25.8 Å². The van der Waals surface area contributed by atoms with Crippen molar-refractivity contribution in [2.75, 3.05) is 11.4 Å². The molecule has 1 heterocycles. The molecule has 0 unspecified atom stereocenters. The molecule has 2 aliphatic rings. The summed E-state index contributed by atoms with van der Waals surface area (Å²) in [4.78, 5) is 25.8. The van der Waals surface area contributed by atoms with Gasteiger partial charge >= 0.3 is 0 Å². The van der Waals surface area contributed by atoms with Crippen molar-refractivity contribution in [2.24, 2.45) is 5.41 Å². The van der Waals surface area contributed by atoms with Gasteiger partial charge in [0.15, 0.2) is 0 Å². The van der Waals surface area contributed by atoms with Crippen LogP contribution in [0.5, 0.6) is 0 Å². The van der Waals surface area contributed by atoms with Crippen LogP contribution in [0.1, 0.15) is 44.1 Å². The standard InChI is InChI=1S/C18H21N3O2/c19-13-18(9-1-2-10-18)17(23)20-12-14-5-7-15(8-6-14)21-11-3-4-16(21)22/h5-8H,1-4,9-12H2,(H,20,23). The van der Waals surface area contributed by atoms with E-state index >= 15 is 0 Å². The predicted octanol–water partition coefficient (Wildman–Crippen LogP) is 2.51. The zero-order valence-electron chi connectivity index (χ0n) is 13.2. The van der Waals surface area contributed by atoms with E-state index in [4.69, 9.17) is 0 Å². The fraction of sp³-hybridized carbons (Fsp3) is 0.500. The van der Waals surface area contributed by atoms with Gasteiger partial charge in [-0.2, -0.15) is 5.26 Å². The highest BCUT2D eigenvalue weighted by Gasteiger charge is 2.41. The molecule has 0 atom stereocenters. The van der Waals surface area contributed by atoms with Gasteiger partial charge in [-0.05, 0) is 37.0 Å². The summed E-state index contributed by atoms with van der Waals surface area (Å²) >= 11 is 0. The third kappa shape index (κ3) is 3.07. The summed E-state index contributed by atoms with van der Waals surface area (Å²) < 4.78 is 0. The number of nitrogens with zero attached hydrogens (tertiary/aromatic N) is 2. The summed E-state index contributed by atoms with van der Waals surface area (Å²) in [5, 5.41) is 12.2. The van der Waals surface area contributed by atoms with Crippen LogP contribution in [0.15, 0.2) is 24.3 Å². The summed E-state index contributed by atoms with van der Waals surface area (Å²) in [5.74, 6) is 0.0135. The molecule has 1 aliphatic carbocycles. The Morgan fingerprint density at radius 2 is 1.91 bits per heavy atom. The van der Waals surface area contributed by atoms with Crippen LogP contribution < -0.4 is 10.2 Å². The van der Waals surface area contributed by atoms with Gasteiger partial charge in [-0.15, -0.1) is 0 Å². The second-order valence-corrected chi connectivity index (χ2v) is 6.40. The van der Waals surface area contributed by atoms with E-state index in [9.17, 15) is 14.9 Å². The Balaban J connectivity index is 1.59. The molecule has 1 N–H and O–H groups in total. The number of carbonyl (C=O) groups excluding carboxylic acids is 2. The molecule has 1 saturated carbocycles. The molecule has 2 amide bonds. The first kappa shape index (κ1) is 15.5. The molecule has 1 aromatic carbocycles. The number of hydrogen-bond acceptors (Lipinski definition) is 3. The molecule has 1 aromatic rings. The van der Waals surface area contributed by atoms with E-state index in [0.717, 1.165) is 37.1 Å². The highest BCUT2D eigenvalue weighted by molar-refractivity contribution is 5.95. The van der Waals surface area contributed by atoms with Crippen LogP contribution in [-0.2, 0) is 16.1 Å². The second-order valence-electron chi connectivity index (χ2n) is 6.40. The van der Waals surface area contributed by atoms with Crippen molar-refractivity contribution in [2.45, 2.75) is 45.1 Å². The first-order valence-corrected chi connectivity index (χ1v) is 8.23. The number of nitriles is 1. The van der Waals surface area contributed by atoms with Gasteiger partial charge in [0.25, 0.3) is 0 Å². The Labute approximate surface area is 136 Å². The van der Waals surface area contributed by atoms with Gasteiger partial charge in [0, 0.05) is 25.2 Å². The minimum atomic E-state index is -0.831. The normalized spacial score (nSPS) is 19.6. The zero-order chi connectivity index (χ0) is 16.3. The number of anilines is 1. The van der Waals surface area contributed by atoms with E-state index in [1.165, 1.54) is 0 Å². The maximum absolute atomic E-state index is 12.3. The lowest BCUT2D eigenvalue weighted by molar-refractivity contribution is -0.128. The molecule has 120 valence electrons. The van der Waals surface area contributed by atoms with Crippen molar-refractivity contribution in [3.8, 4) is 6.07 Å². The van der Waals surface area contributed by atoms with Crippen molar-refractivity contribution in [1.82, 2.24) is 5.32 Å². The van der Waals surface area contributed by atoms with Crippen LogP contribution in [0.3, 0.4) is 0 Å². The smallest absolute Gasteiger partial charge is 0.240 e. The highest BCUT2D eigenvalue weighted by Crippen LogP contribution is 2.37. The number of amides is 2. The molecule has 0 radical (unpaired) electrons. The van der Waals surface area contributed by atoms with E-state index in [1.807, 2.05) is 24.3 Å². The Bertz CT molecular complexity index is 639. The van der Waals surface area contributed by atoms with E-state index in [1.54, 1.807) is 4.90 Å². The number of benzene rings is 1. The molecule has 5 nitrogen and oxygen atoms in total. The average molecular weight is 311 g/mol. The Morgan fingerprint density at radius 1 is 1.22 bits per heavy atom. The fourth-order valence-corrected chi connectivity index (χ4v) is 3.43. The van der Waals surface area contributed by atoms with Crippen molar-refractivity contribution >= 4 is 17.5 Å². The third-order valence-electron chi connectivity index (χ3n) is 4.88. The van der Waals surface area contributed by atoms with Crippen molar-refractivity contribution < 1.29 is 9.59 Å². The van der Waals surface area contributed by atoms with Crippen molar-refractivity contribution in [1.29, 1.82) is 5.26 Å². The van der Waals surface area contributed by atoms with Crippen molar-refractivity contribution in [3.05, 3.63) is 29.8 Å². The molecule has 3 rings (SSSR count). The molecule has 23 heavy (non-hydrogen) atoms. The van der Waals surface area contributed by atoms with Crippen molar-refractivity contribution in [3.63, 3.8) is 0 Å².